The Hall–Kier alpha value is -4.58. The molecule has 8 rings (SSSR count). The van der Waals surface area contributed by atoms with Crippen molar-refractivity contribution in [1.29, 1.82) is 0 Å². The number of benzene rings is 4. The molecule has 0 amide bonds. The fraction of sp³-hybridized carbons (Fsp3) is 0.188. The first-order chi connectivity index (χ1) is 18.7. The van der Waals surface area contributed by atoms with Gasteiger partial charge in [0.05, 0.1) is 22.1 Å². The lowest BCUT2D eigenvalue weighted by Crippen LogP contribution is -2.16. The third-order valence-electron chi connectivity index (χ3n) is 6.63. The van der Waals surface area contributed by atoms with E-state index >= 15 is 0 Å². The van der Waals surface area contributed by atoms with E-state index in [1.54, 1.807) is 8.80 Å². The molecule has 0 aliphatic heterocycles. The third-order valence-corrected chi connectivity index (χ3v) is 6.63. The molecule has 38 heavy (non-hydrogen) atoms. The van der Waals surface area contributed by atoms with Crippen LogP contribution >= 0.6 is 0 Å². The van der Waals surface area contributed by atoms with Crippen molar-refractivity contribution < 1.29 is 0 Å². The van der Waals surface area contributed by atoms with E-state index in [-0.39, 0.29) is 11.1 Å². The van der Waals surface area contributed by atoms with Crippen LogP contribution in [0.4, 0.5) is 0 Å². The zero-order chi connectivity index (χ0) is 27.1. The Morgan fingerprint density at radius 3 is 1.21 bits per heavy atom. The second kappa shape index (κ2) is 9.71. The van der Waals surface area contributed by atoms with Crippen LogP contribution in [-0.4, -0.2) is 18.8 Å². The molecule has 0 fully saturated rings. The Bertz CT molecular complexity index is 2030. The zero-order valence-electron chi connectivity index (χ0n) is 22.5. The first kappa shape index (κ1) is 25.1. The second-order valence-electron chi connectivity index (χ2n) is 8.20. The van der Waals surface area contributed by atoms with Crippen molar-refractivity contribution in [3.8, 4) is 0 Å². The SMILES string of the molecule is CC.CC.CC.O=c1c2ccc3c4c(ccc(c24)c2nc4ccccc4n12)c(=O)n1c2ccccc2nc31. The van der Waals surface area contributed by atoms with Crippen LogP contribution in [0.2, 0.25) is 0 Å². The maximum atomic E-state index is 13.6. The summed E-state index contributed by atoms with van der Waals surface area (Å²) in [6.45, 7) is 12.0. The molecule has 4 aromatic heterocycles. The maximum Gasteiger partial charge on any atom is 0.264 e. The highest BCUT2D eigenvalue weighted by atomic mass is 16.1. The Morgan fingerprint density at radius 1 is 0.474 bits per heavy atom. The molecule has 8 aromatic rings. The van der Waals surface area contributed by atoms with E-state index in [1.165, 1.54) is 0 Å². The summed E-state index contributed by atoms with van der Waals surface area (Å²) < 4.78 is 3.35. The van der Waals surface area contributed by atoms with E-state index in [0.29, 0.717) is 22.1 Å². The minimum Gasteiger partial charge on any atom is -0.268 e. The number of nitrogens with zero attached hydrogens (tertiary/aromatic N) is 4. The number of imidazole rings is 2. The average Bonchev–Trinajstić information content (AvgIpc) is 3.58. The van der Waals surface area contributed by atoms with Gasteiger partial charge in [-0.15, -0.1) is 0 Å². The Balaban J connectivity index is 0.000000461. The smallest absolute Gasteiger partial charge is 0.264 e. The summed E-state index contributed by atoms with van der Waals surface area (Å²) >= 11 is 0. The van der Waals surface area contributed by atoms with E-state index in [4.69, 9.17) is 9.97 Å². The summed E-state index contributed by atoms with van der Waals surface area (Å²) in [5.41, 5.74) is 4.07. The van der Waals surface area contributed by atoms with Gasteiger partial charge in [-0.1, -0.05) is 65.8 Å². The van der Waals surface area contributed by atoms with Crippen LogP contribution in [0.5, 0.6) is 0 Å². The highest BCUT2D eigenvalue weighted by Gasteiger charge is 2.21. The summed E-state index contributed by atoms with van der Waals surface area (Å²) in [5.74, 6) is 0. The highest BCUT2D eigenvalue weighted by Crippen LogP contribution is 2.36. The van der Waals surface area contributed by atoms with Crippen LogP contribution in [0.25, 0.3) is 65.7 Å². The summed E-state index contributed by atoms with van der Waals surface area (Å²) in [7, 11) is 0. The van der Waals surface area contributed by atoms with Crippen LogP contribution in [-0.2, 0) is 0 Å². The number of hydrogen-bond donors (Lipinski definition) is 0. The number of rotatable bonds is 0. The minimum absolute atomic E-state index is 0.128. The molecule has 0 atom stereocenters. The maximum absolute atomic E-state index is 13.6. The van der Waals surface area contributed by atoms with E-state index in [0.717, 1.165) is 43.6 Å². The van der Waals surface area contributed by atoms with E-state index in [1.807, 2.05) is 114 Å². The van der Waals surface area contributed by atoms with Gasteiger partial charge in [-0.3, -0.25) is 18.4 Å². The number of aromatic nitrogens is 4. The van der Waals surface area contributed by atoms with Gasteiger partial charge in [-0.05, 0) is 48.5 Å². The Kier molecular flexibility index (Phi) is 6.41. The molecule has 6 nitrogen and oxygen atoms in total. The third kappa shape index (κ3) is 3.19. The van der Waals surface area contributed by atoms with E-state index < -0.39 is 0 Å². The van der Waals surface area contributed by atoms with Gasteiger partial charge in [0.2, 0.25) is 0 Å². The van der Waals surface area contributed by atoms with Gasteiger partial charge in [-0.25, -0.2) is 9.97 Å². The van der Waals surface area contributed by atoms with Gasteiger partial charge < -0.3 is 0 Å². The molecule has 0 bridgehead atoms. The van der Waals surface area contributed by atoms with Gasteiger partial charge in [0.25, 0.3) is 11.1 Å². The number of pyridine rings is 2. The zero-order valence-corrected chi connectivity index (χ0v) is 22.5. The van der Waals surface area contributed by atoms with Crippen LogP contribution in [0.15, 0.2) is 82.4 Å². The average molecular weight is 503 g/mol. The standard InChI is InChI=1S/C26H12N4O2.3C2H6/c31-25-15-12-10-14-22-16(26(32)30-20-8-4-2-6-18(20)28-24(14)30)11-9-13(21(15)22)23-27-17-5-1-3-7-19(17)29(23)25;3*1-2/h1-12H;3*1-2H3. The van der Waals surface area contributed by atoms with E-state index in [9.17, 15) is 9.59 Å². The molecule has 0 radical (unpaired) electrons. The summed E-state index contributed by atoms with van der Waals surface area (Å²) in [4.78, 5) is 36.7. The first-order valence-corrected chi connectivity index (χ1v) is 13.4. The predicted molar refractivity (Wildman–Crippen MR) is 160 cm³/mol. The minimum atomic E-state index is -0.128. The normalized spacial score (nSPS) is 11.1. The highest BCUT2D eigenvalue weighted by molar-refractivity contribution is 6.27. The van der Waals surface area contributed by atoms with Gasteiger partial charge >= 0.3 is 0 Å². The molecular formula is C32H30N4O2. The fourth-order valence-electron chi connectivity index (χ4n) is 5.29. The Morgan fingerprint density at radius 2 is 0.816 bits per heavy atom. The molecule has 6 heteroatoms. The van der Waals surface area contributed by atoms with Crippen LogP contribution < -0.4 is 11.1 Å². The summed E-state index contributed by atoms with van der Waals surface area (Å²) in [6, 6.07) is 22.8. The molecule has 4 heterocycles. The lowest BCUT2D eigenvalue weighted by molar-refractivity contribution is 1.18. The molecule has 4 aromatic carbocycles. The van der Waals surface area contributed by atoms with Crippen molar-refractivity contribution in [2.24, 2.45) is 0 Å². The van der Waals surface area contributed by atoms with Crippen molar-refractivity contribution in [2.75, 3.05) is 0 Å². The molecule has 0 N–H and O–H groups in total. The molecule has 0 spiro atoms. The first-order valence-electron chi connectivity index (χ1n) is 13.4. The molecule has 0 aliphatic rings. The number of hydrogen-bond acceptors (Lipinski definition) is 4. The molecule has 0 saturated heterocycles. The van der Waals surface area contributed by atoms with Crippen molar-refractivity contribution >= 4 is 65.7 Å². The summed E-state index contributed by atoms with van der Waals surface area (Å²) in [5, 5.41) is 4.42. The molecular weight excluding hydrogens is 472 g/mol. The lowest BCUT2D eigenvalue weighted by Gasteiger charge is -2.12. The Labute approximate surface area is 219 Å². The predicted octanol–water partition coefficient (Wildman–Crippen LogP) is 7.42. The molecule has 190 valence electrons. The van der Waals surface area contributed by atoms with Gasteiger partial charge in [0, 0.05) is 32.3 Å². The lowest BCUT2D eigenvalue weighted by atomic mass is 9.96. The number of para-hydroxylation sites is 4. The largest absolute Gasteiger partial charge is 0.268 e. The van der Waals surface area contributed by atoms with Crippen molar-refractivity contribution in [3.05, 3.63) is 93.5 Å². The molecule has 0 saturated carbocycles. The van der Waals surface area contributed by atoms with Crippen LogP contribution in [0.3, 0.4) is 0 Å². The quantitative estimate of drug-likeness (QED) is 0.202. The molecule has 0 unspecified atom stereocenters. The second-order valence-corrected chi connectivity index (χ2v) is 8.20. The van der Waals surface area contributed by atoms with Crippen molar-refractivity contribution in [3.63, 3.8) is 0 Å². The van der Waals surface area contributed by atoms with Gasteiger partial charge in [0.15, 0.2) is 0 Å². The van der Waals surface area contributed by atoms with Crippen LogP contribution in [0, 0.1) is 0 Å². The van der Waals surface area contributed by atoms with Crippen molar-refractivity contribution in [2.45, 2.75) is 41.5 Å². The topological polar surface area (TPSA) is 68.7 Å². The number of fused-ring (bicyclic) bond motifs is 8. The fourth-order valence-corrected chi connectivity index (χ4v) is 5.29. The molecule has 0 aliphatic carbocycles. The van der Waals surface area contributed by atoms with Crippen molar-refractivity contribution in [1.82, 2.24) is 18.8 Å². The van der Waals surface area contributed by atoms with Crippen LogP contribution in [0.1, 0.15) is 41.5 Å². The van der Waals surface area contributed by atoms with E-state index in [2.05, 4.69) is 0 Å². The summed E-state index contributed by atoms with van der Waals surface area (Å²) in [6.07, 6.45) is 0. The van der Waals surface area contributed by atoms with Gasteiger partial charge in [-0.2, -0.15) is 0 Å². The monoisotopic (exact) mass is 502 g/mol. The van der Waals surface area contributed by atoms with Gasteiger partial charge in [0.1, 0.15) is 11.3 Å².